The molecular formula is C7H14N3O2-. The molecule has 1 saturated carbocycles. The predicted octanol–water partition coefficient (Wildman–Crippen LogP) is -0.822. The fraction of sp³-hybridized carbons (Fsp3) is 1.00. The van der Waals surface area contributed by atoms with Crippen LogP contribution in [0.4, 0.5) is 0 Å². The molecular weight excluding hydrogens is 158 g/mol. The van der Waals surface area contributed by atoms with Crippen LogP contribution >= 0.6 is 0 Å². The Balaban J connectivity index is 1.93. The second kappa shape index (κ2) is 2.93. The maximum atomic E-state index is 10.7. The quantitative estimate of drug-likeness (QED) is 0.532. The number of hydrogen-bond donors (Lipinski definition) is 2. The van der Waals surface area contributed by atoms with E-state index in [9.17, 15) is 5.21 Å². The van der Waals surface area contributed by atoms with Gasteiger partial charge in [0.25, 0.3) is 0 Å². The normalized spacial score (nSPS) is 46.0. The second-order valence-corrected chi connectivity index (χ2v) is 3.58. The minimum absolute atomic E-state index is 0.00231. The summed E-state index contributed by atoms with van der Waals surface area (Å²) < 4.78 is 5.45. The zero-order valence-corrected chi connectivity index (χ0v) is 7.06. The summed E-state index contributed by atoms with van der Waals surface area (Å²) in [5, 5.41) is 11.4. The Bertz CT molecular complexity index is 168. The van der Waals surface area contributed by atoms with E-state index in [-0.39, 0.29) is 18.2 Å². The molecule has 0 aromatic rings. The number of fused-ring (bicyclic) bond motifs is 2. The summed E-state index contributed by atoms with van der Waals surface area (Å²) in [7, 11) is 1.43. The molecule has 2 aliphatic heterocycles. The Morgan fingerprint density at radius 3 is 2.75 bits per heavy atom. The molecule has 4 atom stereocenters. The van der Waals surface area contributed by atoms with E-state index >= 15 is 0 Å². The number of hydrazine groups is 1. The molecule has 3 N–H and O–H groups in total. The summed E-state index contributed by atoms with van der Waals surface area (Å²) in [5.41, 5.74) is 8.59. The summed E-state index contributed by atoms with van der Waals surface area (Å²) >= 11 is 0. The Morgan fingerprint density at radius 1 is 1.58 bits per heavy atom. The van der Waals surface area contributed by atoms with Crippen molar-refractivity contribution >= 4 is 0 Å². The molecule has 2 heterocycles. The molecule has 0 amide bonds. The van der Waals surface area contributed by atoms with Crippen LogP contribution in [-0.4, -0.2) is 36.5 Å². The van der Waals surface area contributed by atoms with Gasteiger partial charge in [-0.15, -0.1) is 0 Å². The summed E-state index contributed by atoms with van der Waals surface area (Å²) in [6.07, 6.45) is 2.40. The number of nitrogens with one attached hydrogen (secondary N) is 1. The first kappa shape index (κ1) is 8.40. The topological polar surface area (TPSA) is 73.6 Å². The average Bonchev–Trinajstić information content (AvgIpc) is 1.89. The fourth-order valence-corrected chi connectivity index (χ4v) is 1.99. The zero-order chi connectivity index (χ0) is 8.72. The van der Waals surface area contributed by atoms with Crippen molar-refractivity contribution in [2.24, 2.45) is 5.73 Å². The lowest BCUT2D eigenvalue weighted by Crippen LogP contribution is -2.67. The second-order valence-electron chi connectivity index (χ2n) is 3.58. The Hall–Kier alpha value is -0.200. The van der Waals surface area contributed by atoms with Crippen LogP contribution in [0.25, 0.3) is 0 Å². The molecule has 0 radical (unpaired) electrons. The number of nitrogens with zero attached hydrogens (tertiary/aromatic N) is 1. The van der Waals surface area contributed by atoms with Crippen molar-refractivity contribution in [2.45, 2.75) is 37.1 Å². The largest absolute Gasteiger partial charge is 0.772 e. The maximum absolute atomic E-state index is 10.7. The third-order valence-electron chi connectivity index (χ3n) is 2.59. The van der Waals surface area contributed by atoms with Crippen LogP contribution in [0, 0.1) is 5.21 Å². The van der Waals surface area contributed by atoms with Crippen LogP contribution in [0.3, 0.4) is 0 Å². The van der Waals surface area contributed by atoms with Gasteiger partial charge in [-0.3, -0.25) is 5.43 Å². The van der Waals surface area contributed by atoms with E-state index in [0.29, 0.717) is 11.3 Å². The van der Waals surface area contributed by atoms with E-state index in [1.54, 1.807) is 0 Å². The van der Waals surface area contributed by atoms with Crippen LogP contribution < -0.4 is 11.2 Å². The molecule has 1 aliphatic carbocycles. The third-order valence-corrected chi connectivity index (χ3v) is 2.59. The van der Waals surface area contributed by atoms with Gasteiger partial charge in [0.15, 0.2) is 0 Å². The minimum Gasteiger partial charge on any atom is -0.772 e. The highest BCUT2D eigenvalue weighted by Crippen LogP contribution is 2.34. The summed E-state index contributed by atoms with van der Waals surface area (Å²) in [4.78, 5) is 0. The van der Waals surface area contributed by atoms with Gasteiger partial charge in [-0.1, -0.05) is 0 Å². The molecule has 0 aromatic heterocycles. The van der Waals surface area contributed by atoms with E-state index in [4.69, 9.17) is 10.5 Å². The smallest absolute Gasteiger partial charge is 0.0784 e. The summed E-state index contributed by atoms with van der Waals surface area (Å²) in [5.74, 6) is 0. The minimum atomic E-state index is -0.00231. The first-order valence-corrected chi connectivity index (χ1v) is 4.25. The van der Waals surface area contributed by atoms with E-state index in [1.165, 1.54) is 7.05 Å². The highest BCUT2D eigenvalue weighted by molar-refractivity contribution is 5.00. The standard InChI is InChI=1S/C7H14N3O2/c1-10(11)9-7-5(8)2-4-3-6(7)12-4/h4-7,9H,2-3,8H2,1H3/q-1. The van der Waals surface area contributed by atoms with Gasteiger partial charge < -0.3 is 20.9 Å². The first-order valence-electron chi connectivity index (χ1n) is 4.25. The van der Waals surface area contributed by atoms with E-state index < -0.39 is 0 Å². The molecule has 5 nitrogen and oxygen atoms in total. The van der Waals surface area contributed by atoms with Crippen molar-refractivity contribution in [1.29, 1.82) is 0 Å². The lowest BCUT2D eigenvalue weighted by molar-refractivity contribution is -0.183. The van der Waals surface area contributed by atoms with Gasteiger partial charge in [0.05, 0.1) is 18.2 Å². The van der Waals surface area contributed by atoms with Crippen molar-refractivity contribution in [3.8, 4) is 0 Å². The van der Waals surface area contributed by atoms with Gasteiger partial charge in [0.1, 0.15) is 0 Å². The molecule has 2 bridgehead atoms. The van der Waals surface area contributed by atoms with Crippen molar-refractivity contribution in [3.05, 3.63) is 5.21 Å². The van der Waals surface area contributed by atoms with E-state index in [0.717, 1.165) is 12.8 Å². The first-order chi connectivity index (χ1) is 5.66. The van der Waals surface area contributed by atoms with Gasteiger partial charge in [0, 0.05) is 12.5 Å². The molecule has 12 heavy (non-hydrogen) atoms. The van der Waals surface area contributed by atoms with Gasteiger partial charge in [-0.05, 0) is 13.5 Å². The highest BCUT2D eigenvalue weighted by atomic mass is 16.5. The van der Waals surface area contributed by atoms with Gasteiger partial charge >= 0.3 is 0 Å². The monoisotopic (exact) mass is 172 g/mol. The highest BCUT2D eigenvalue weighted by Gasteiger charge is 2.45. The Kier molecular flexibility index (Phi) is 2.05. The maximum Gasteiger partial charge on any atom is 0.0784 e. The number of rotatable bonds is 2. The van der Waals surface area contributed by atoms with Crippen LogP contribution in [0.5, 0.6) is 0 Å². The molecule has 0 spiro atoms. The molecule has 0 aromatic carbocycles. The molecule has 3 fully saturated rings. The van der Waals surface area contributed by atoms with Crippen molar-refractivity contribution < 1.29 is 4.74 Å². The van der Waals surface area contributed by atoms with Crippen LogP contribution in [0.2, 0.25) is 0 Å². The van der Waals surface area contributed by atoms with Crippen LogP contribution in [0.15, 0.2) is 0 Å². The van der Waals surface area contributed by atoms with Crippen LogP contribution in [0.1, 0.15) is 12.8 Å². The molecule has 4 unspecified atom stereocenters. The SMILES string of the molecule is CN([O-])NC1C(N)CC2CC1O2. The van der Waals surface area contributed by atoms with Crippen LogP contribution in [-0.2, 0) is 4.74 Å². The number of hydroxylamine groups is 1. The lowest BCUT2D eigenvalue weighted by Gasteiger charge is -2.51. The number of hydrogen-bond acceptors (Lipinski definition) is 5. The number of nitrogens with two attached hydrogens (primary N) is 1. The predicted molar refractivity (Wildman–Crippen MR) is 43.9 cm³/mol. The fourth-order valence-electron chi connectivity index (χ4n) is 1.99. The third kappa shape index (κ3) is 1.34. The van der Waals surface area contributed by atoms with Crippen molar-refractivity contribution in [2.75, 3.05) is 7.05 Å². The van der Waals surface area contributed by atoms with Gasteiger partial charge in [0.2, 0.25) is 0 Å². The molecule has 70 valence electrons. The molecule has 5 heteroatoms. The van der Waals surface area contributed by atoms with Gasteiger partial charge in [-0.2, -0.15) is 0 Å². The average molecular weight is 172 g/mol. The molecule has 3 aliphatic rings. The zero-order valence-electron chi connectivity index (χ0n) is 7.06. The van der Waals surface area contributed by atoms with Gasteiger partial charge in [-0.25, -0.2) is 0 Å². The van der Waals surface area contributed by atoms with E-state index in [2.05, 4.69) is 5.43 Å². The molecule has 3 rings (SSSR count). The molecule has 2 saturated heterocycles. The van der Waals surface area contributed by atoms with Crippen molar-refractivity contribution in [1.82, 2.24) is 10.6 Å². The van der Waals surface area contributed by atoms with Crippen molar-refractivity contribution in [3.63, 3.8) is 0 Å². The number of ether oxygens (including phenoxy) is 1. The van der Waals surface area contributed by atoms with E-state index in [1.807, 2.05) is 0 Å². The summed E-state index contributed by atoms with van der Waals surface area (Å²) in [6.45, 7) is 0. The Morgan fingerprint density at radius 2 is 2.25 bits per heavy atom. The summed E-state index contributed by atoms with van der Waals surface area (Å²) in [6, 6.07) is 0.0522. The lowest BCUT2D eigenvalue weighted by atomic mass is 9.82. The Labute approximate surface area is 71.4 Å².